The lowest BCUT2D eigenvalue weighted by molar-refractivity contribution is -0.132. The molecule has 0 bridgehead atoms. The number of nitrogens with zero attached hydrogens (tertiary/aromatic N) is 6. The zero-order valence-corrected chi connectivity index (χ0v) is 20.2. The van der Waals surface area contributed by atoms with E-state index < -0.39 is 0 Å². The molecule has 8 nitrogen and oxygen atoms in total. The maximum Gasteiger partial charge on any atom is 0.244 e. The summed E-state index contributed by atoms with van der Waals surface area (Å²) in [4.78, 5) is 25.5. The lowest BCUT2D eigenvalue weighted by Crippen LogP contribution is -2.50. The molecule has 1 aliphatic heterocycles. The number of anilines is 1. The van der Waals surface area contributed by atoms with E-state index in [9.17, 15) is 9.18 Å². The SMILES string of the molecule is COc1cc(N2CCN(C(=O)Cn3nc(-c4ccc(F)c(C)c4)cc3CC(C)C)CC2)ncn1. The second-order valence-electron chi connectivity index (χ2n) is 9.03. The molecule has 0 atom stereocenters. The number of aryl methyl sites for hydroxylation is 1. The summed E-state index contributed by atoms with van der Waals surface area (Å²) in [5.41, 5.74) is 3.19. The molecule has 34 heavy (non-hydrogen) atoms. The van der Waals surface area contributed by atoms with Crippen molar-refractivity contribution in [3.8, 4) is 17.1 Å². The number of rotatable bonds is 7. The van der Waals surface area contributed by atoms with Gasteiger partial charge in [-0.1, -0.05) is 13.8 Å². The molecule has 180 valence electrons. The molecule has 0 spiro atoms. The van der Waals surface area contributed by atoms with Crippen LogP contribution in [0.1, 0.15) is 25.1 Å². The van der Waals surface area contributed by atoms with Crippen molar-refractivity contribution in [1.82, 2.24) is 24.6 Å². The highest BCUT2D eigenvalue weighted by Gasteiger charge is 2.24. The molecule has 3 aromatic rings. The second kappa shape index (κ2) is 10.2. The van der Waals surface area contributed by atoms with Gasteiger partial charge in [0.1, 0.15) is 24.5 Å². The molecule has 2 aromatic heterocycles. The minimum atomic E-state index is -0.236. The lowest BCUT2D eigenvalue weighted by Gasteiger charge is -2.35. The Morgan fingerprint density at radius 3 is 2.56 bits per heavy atom. The molecule has 4 rings (SSSR count). The van der Waals surface area contributed by atoms with Gasteiger partial charge >= 0.3 is 0 Å². The van der Waals surface area contributed by atoms with Gasteiger partial charge in [0.25, 0.3) is 0 Å². The summed E-state index contributed by atoms with van der Waals surface area (Å²) in [6.07, 6.45) is 2.30. The summed E-state index contributed by atoms with van der Waals surface area (Å²) in [5.74, 6) is 1.54. The number of halogens is 1. The number of piperazine rings is 1. The highest BCUT2D eigenvalue weighted by Crippen LogP contribution is 2.24. The first-order chi connectivity index (χ1) is 16.3. The fourth-order valence-corrected chi connectivity index (χ4v) is 4.15. The van der Waals surface area contributed by atoms with E-state index >= 15 is 0 Å². The average molecular weight is 467 g/mol. The molecule has 0 aliphatic carbocycles. The predicted molar refractivity (Wildman–Crippen MR) is 128 cm³/mol. The number of methoxy groups -OCH3 is 1. The second-order valence-corrected chi connectivity index (χ2v) is 9.03. The normalized spacial score (nSPS) is 14.1. The zero-order valence-electron chi connectivity index (χ0n) is 20.2. The first-order valence-corrected chi connectivity index (χ1v) is 11.6. The first-order valence-electron chi connectivity index (χ1n) is 11.6. The molecule has 1 amide bonds. The Bertz CT molecular complexity index is 1150. The van der Waals surface area contributed by atoms with Crippen LogP contribution in [0.3, 0.4) is 0 Å². The number of carbonyl (C=O) groups excluding carboxylic acids is 1. The Morgan fingerprint density at radius 2 is 1.88 bits per heavy atom. The molecule has 1 fully saturated rings. The van der Waals surface area contributed by atoms with Crippen molar-refractivity contribution < 1.29 is 13.9 Å². The minimum absolute atomic E-state index is 0.0369. The van der Waals surface area contributed by atoms with Gasteiger partial charge in [-0.05, 0) is 49.1 Å². The number of amides is 1. The third-order valence-corrected chi connectivity index (χ3v) is 6.01. The largest absolute Gasteiger partial charge is 0.481 e. The fourth-order valence-electron chi connectivity index (χ4n) is 4.15. The number of hydrogen-bond acceptors (Lipinski definition) is 6. The molecule has 1 aliphatic rings. The standard InChI is InChI=1S/C25H31FN6O2/c1-17(2)11-20-13-22(19-5-6-21(26)18(3)12-19)29-32(20)15-25(33)31-9-7-30(8-10-31)23-14-24(34-4)28-16-27-23/h5-6,12-14,16-17H,7-11,15H2,1-4H3. The molecule has 1 saturated heterocycles. The van der Waals surface area contributed by atoms with Crippen molar-refractivity contribution in [2.45, 2.75) is 33.7 Å². The van der Waals surface area contributed by atoms with Crippen molar-refractivity contribution in [3.63, 3.8) is 0 Å². The molecule has 0 radical (unpaired) electrons. The summed E-state index contributed by atoms with van der Waals surface area (Å²) in [5, 5.41) is 4.73. The number of benzene rings is 1. The van der Waals surface area contributed by atoms with Crippen molar-refractivity contribution in [1.29, 1.82) is 0 Å². The van der Waals surface area contributed by atoms with Crippen LogP contribution in [0.5, 0.6) is 5.88 Å². The molecular formula is C25H31FN6O2. The Morgan fingerprint density at radius 1 is 1.12 bits per heavy atom. The summed E-state index contributed by atoms with van der Waals surface area (Å²) >= 11 is 0. The average Bonchev–Trinajstić information content (AvgIpc) is 3.22. The van der Waals surface area contributed by atoms with Gasteiger partial charge in [0.05, 0.1) is 12.8 Å². The van der Waals surface area contributed by atoms with E-state index in [1.165, 1.54) is 12.4 Å². The van der Waals surface area contributed by atoms with E-state index in [-0.39, 0.29) is 18.3 Å². The molecule has 1 aromatic carbocycles. The van der Waals surface area contributed by atoms with Gasteiger partial charge in [-0.2, -0.15) is 5.10 Å². The predicted octanol–water partition coefficient (Wildman–Crippen LogP) is 3.34. The number of hydrogen-bond donors (Lipinski definition) is 0. The van der Waals surface area contributed by atoms with E-state index in [0.717, 1.165) is 29.2 Å². The third kappa shape index (κ3) is 5.35. The number of carbonyl (C=O) groups is 1. The van der Waals surface area contributed by atoms with Crippen LogP contribution in [-0.2, 0) is 17.8 Å². The van der Waals surface area contributed by atoms with Gasteiger partial charge in [0.15, 0.2) is 0 Å². The monoisotopic (exact) mass is 466 g/mol. The quantitative estimate of drug-likeness (QED) is 0.532. The van der Waals surface area contributed by atoms with Crippen LogP contribution in [0.25, 0.3) is 11.3 Å². The maximum atomic E-state index is 13.7. The zero-order chi connectivity index (χ0) is 24.2. The molecular weight excluding hydrogens is 435 g/mol. The third-order valence-electron chi connectivity index (χ3n) is 6.01. The smallest absolute Gasteiger partial charge is 0.244 e. The van der Waals surface area contributed by atoms with Crippen LogP contribution in [0, 0.1) is 18.7 Å². The van der Waals surface area contributed by atoms with E-state index in [4.69, 9.17) is 9.84 Å². The molecule has 3 heterocycles. The van der Waals surface area contributed by atoms with Crippen LogP contribution < -0.4 is 9.64 Å². The lowest BCUT2D eigenvalue weighted by atomic mass is 10.1. The van der Waals surface area contributed by atoms with Crippen molar-refractivity contribution in [3.05, 3.63) is 53.7 Å². The highest BCUT2D eigenvalue weighted by atomic mass is 19.1. The molecule has 0 saturated carbocycles. The van der Waals surface area contributed by atoms with Crippen molar-refractivity contribution in [2.75, 3.05) is 38.2 Å². The highest BCUT2D eigenvalue weighted by molar-refractivity contribution is 5.76. The van der Waals surface area contributed by atoms with Crippen LogP contribution in [0.2, 0.25) is 0 Å². The van der Waals surface area contributed by atoms with E-state index in [1.807, 2.05) is 11.0 Å². The summed E-state index contributed by atoms with van der Waals surface area (Å²) in [6, 6.07) is 8.81. The molecule has 0 N–H and O–H groups in total. The van der Waals surface area contributed by atoms with Crippen LogP contribution in [-0.4, -0.2) is 63.8 Å². The molecule has 9 heteroatoms. The maximum absolute atomic E-state index is 13.7. The topological polar surface area (TPSA) is 76.4 Å². The first kappa shape index (κ1) is 23.7. The van der Waals surface area contributed by atoms with Crippen LogP contribution in [0.15, 0.2) is 36.7 Å². The van der Waals surface area contributed by atoms with Gasteiger partial charge in [0.2, 0.25) is 11.8 Å². The fraction of sp³-hybridized carbons (Fsp3) is 0.440. The van der Waals surface area contributed by atoms with Gasteiger partial charge in [0, 0.05) is 43.5 Å². The van der Waals surface area contributed by atoms with Crippen molar-refractivity contribution in [2.24, 2.45) is 5.92 Å². The van der Waals surface area contributed by atoms with Crippen molar-refractivity contribution >= 4 is 11.7 Å². The van der Waals surface area contributed by atoms with Crippen LogP contribution >= 0.6 is 0 Å². The van der Waals surface area contributed by atoms with E-state index in [2.05, 4.69) is 28.7 Å². The number of aromatic nitrogens is 4. The molecule has 0 unspecified atom stereocenters. The van der Waals surface area contributed by atoms with Crippen LogP contribution in [0.4, 0.5) is 10.2 Å². The Labute approximate surface area is 199 Å². The Kier molecular flexibility index (Phi) is 7.09. The summed E-state index contributed by atoms with van der Waals surface area (Å²) in [7, 11) is 1.58. The van der Waals surface area contributed by atoms with E-state index in [0.29, 0.717) is 43.5 Å². The van der Waals surface area contributed by atoms with Gasteiger partial charge in [-0.3, -0.25) is 9.48 Å². The van der Waals surface area contributed by atoms with Gasteiger partial charge in [-0.15, -0.1) is 0 Å². The summed E-state index contributed by atoms with van der Waals surface area (Å²) < 4.78 is 20.7. The minimum Gasteiger partial charge on any atom is -0.481 e. The van der Waals surface area contributed by atoms with Gasteiger partial charge < -0.3 is 14.5 Å². The van der Waals surface area contributed by atoms with Gasteiger partial charge in [-0.25, -0.2) is 14.4 Å². The van der Waals surface area contributed by atoms with E-state index in [1.54, 1.807) is 36.9 Å². The summed E-state index contributed by atoms with van der Waals surface area (Å²) in [6.45, 7) is 8.79. The Balaban J connectivity index is 1.45. The Hall–Kier alpha value is -3.49. The number of ether oxygens (including phenoxy) is 1.